The Labute approximate surface area is 297 Å². The highest BCUT2D eigenvalue weighted by Crippen LogP contribution is 2.32. The summed E-state index contributed by atoms with van der Waals surface area (Å²) in [6, 6.07) is 23.2. The molecule has 0 aliphatic heterocycles. The predicted octanol–water partition coefficient (Wildman–Crippen LogP) is 9.42. The fraction of sp³-hybridized carbons (Fsp3) is 0.317. The number of aryl methyl sites for hydroxylation is 1. The minimum absolute atomic E-state index is 0.125. The number of nitrogens with zero attached hydrogens (tertiary/aromatic N) is 3. The number of allylic oxidation sites excluding steroid dienone is 1. The summed E-state index contributed by atoms with van der Waals surface area (Å²) in [7, 11) is 3.92. The van der Waals surface area contributed by atoms with Gasteiger partial charge in [0.05, 0.1) is 11.3 Å². The number of ketones is 1. The third-order valence-corrected chi connectivity index (χ3v) is 8.55. The molecule has 0 aliphatic carbocycles. The molecule has 4 aromatic carbocycles. The van der Waals surface area contributed by atoms with Crippen molar-refractivity contribution in [3.05, 3.63) is 137 Å². The molecule has 10 heteroatoms. The van der Waals surface area contributed by atoms with Crippen molar-refractivity contribution in [1.82, 2.24) is 9.80 Å². The summed E-state index contributed by atoms with van der Waals surface area (Å²) in [4.78, 5) is 32.6. The van der Waals surface area contributed by atoms with Crippen molar-refractivity contribution in [2.45, 2.75) is 46.3 Å². The molecule has 0 bridgehead atoms. The van der Waals surface area contributed by atoms with Gasteiger partial charge in [-0.3, -0.25) is 9.59 Å². The monoisotopic (exact) mass is 705 g/mol. The number of rotatable bonds is 15. The van der Waals surface area contributed by atoms with Crippen molar-refractivity contribution in [1.29, 1.82) is 0 Å². The number of hydrogen-bond acceptors (Lipinski definition) is 4. The van der Waals surface area contributed by atoms with Gasteiger partial charge in [-0.2, -0.15) is 13.2 Å². The number of carbonyl (C=O) groups excluding carboxylic acids is 2. The van der Waals surface area contributed by atoms with Gasteiger partial charge < -0.3 is 14.7 Å². The molecule has 0 unspecified atom stereocenters. The molecule has 0 fully saturated rings. The first-order valence-corrected chi connectivity index (χ1v) is 16.6. The molecule has 0 heterocycles. The van der Waals surface area contributed by atoms with Gasteiger partial charge in [0.15, 0.2) is 17.4 Å². The van der Waals surface area contributed by atoms with Crippen molar-refractivity contribution >= 4 is 17.4 Å². The van der Waals surface area contributed by atoms with Gasteiger partial charge in [0.25, 0.3) is 0 Å². The van der Waals surface area contributed by atoms with Gasteiger partial charge in [-0.1, -0.05) is 81.1 Å². The molecule has 4 aromatic rings. The van der Waals surface area contributed by atoms with Crippen LogP contribution < -0.4 is 4.90 Å². The highest BCUT2D eigenvalue weighted by Gasteiger charge is 2.30. The van der Waals surface area contributed by atoms with Crippen LogP contribution in [0.3, 0.4) is 0 Å². The van der Waals surface area contributed by atoms with Crippen molar-refractivity contribution in [3.63, 3.8) is 0 Å². The number of carbonyl (C=O) groups is 2. The normalized spacial score (nSPS) is 11.8. The summed E-state index contributed by atoms with van der Waals surface area (Å²) in [5, 5.41) is 0. The molecule has 51 heavy (non-hydrogen) atoms. The lowest BCUT2D eigenvalue weighted by Crippen LogP contribution is -2.46. The molecule has 0 aliphatic rings. The molecular formula is C41H44F5N3O2. The summed E-state index contributed by atoms with van der Waals surface area (Å²) in [5.74, 6) is -2.33. The average Bonchev–Trinajstić information content (AvgIpc) is 3.06. The number of alkyl halides is 3. The zero-order valence-corrected chi connectivity index (χ0v) is 29.7. The number of Topliss-reactive ketones (excluding diaryl/α,β-unsaturated/α-hetero) is 1. The molecule has 0 aromatic heterocycles. The molecule has 1 amide bonds. The first kappa shape index (κ1) is 39.0. The largest absolute Gasteiger partial charge is 0.416 e. The van der Waals surface area contributed by atoms with Crippen LogP contribution in [0.5, 0.6) is 0 Å². The van der Waals surface area contributed by atoms with E-state index in [2.05, 4.69) is 20.4 Å². The van der Waals surface area contributed by atoms with Crippen molar-refractivity contribution in [2.75, 3.05) is 38.6 Å². The molecule has 5 nitrogen and oxygen atoms in total. The predicted molar refractivity (Wildman–Crippen MR) is 192 cm³/mol. The number of anilines is 1. The minimum Gasteiger partial charge on any atom is -0.336 e. The maximum atomic E-state index is 14.5. The molecule has 0 atom stereocenters. The van der Waals surface area contributed by atoms with Crippen LogP contribution in [0.4, 0.5) is 27.6 Å². The zero-order valence-electron chi connectivity index (χ0n) is 29.7. The fourth-order valence-electron chi connectivity index (χ4n) is 6.29. The van der Waals surface area contributed by atoms with Gasteiger partial charge in [0.2, 0.25) is 5.91 Å². The molecular weight excluding hydrogens is 661 g/mol. The number of hydrogen-bond donors (Lipinski definition) is 0. The van der Waals surface area contributed by atoms with Crippen LogP contribution in [0.25, 0.3) is 11.1 Å². The Balaban J connectivity index is 1.64. The Hall–Kier alpha value is -4.83. The highest BCUT2D eigenvalue weighted by atomic mass is 19.4. The number of benzene rings is 4. The summed E-state index contributed by atoms with van der Waals surface area (Å²) < 4.78 is 67.7. The molecule has 0 saturated heterocycles. The van der Waals surface area contributed by atoms with Crippen molar-refractivity contribution in [3.8, 4) is 11.1 Å². The van der Waals surface area contributed by atoms with E-state index in [4.69, 9.17) is 0 Å². The topological polar surface area (TPSA) is 43.9 Å². The zero-order chi connectivity index (χ0) is 37.5. The maximum Gasteiger partial charge on any atom is 0.416 e. The van der Waals surface area contributed by atoms with Crippen LogP contribution in [0.1, 0.15) is 54.2 Å². The van der Waals surface area contributed by atoms with E-state index >= 15 is 0 Å². The molecule has 0 spiro atoms. The summed E-state index contributed by atoms with van der Waals surface area (Å²) >= 11 is 0. The van der Waals surface area contributed by atoms with E-state index in [9.17, 15) is 31.5 Å². The van der Waals surface area contributed by atoms with E-state index in [0.29, 0.717) is 35.6 Å². The standard InChI is InChI=1S/C41H44F5N3O2/c1-28(14-17-33-10-9-12-36(42)39(33)43)49(37-13-8-7-11-35(37)29(2)50)25-38(51)48(27-40(3,4)26-47(5)6)24-30-15-18-31(19-16-30)32-20-22-34(23-21-32)41(44,45)46/h7-13,15-16,18-23H,1,14,17,24-27H2,2-6H3. The SMILES string of the molecule is C=C(CCc1cccc(F)c1F)N(CC(=O)N(Cc1ccc(-c2ccc(C(F)(F)F)cc2)cc1)CC(C)(C)CN(C)C)c1ccccc1C(C)=O. The van der Waals surface area contributed by atoms with Gasteiger partial charge in [-0.05, 0) is 91.9 Å². The minimum atomic E-state index is -4.42. The van der Waals surface area contributed by atoms with Crippen LogP contribution in [-0.4, -0.2) is 55.2 Å². The summed E-state index contributed by atoms with van der Waals surface area (Å²) in [6.45, 7) is 10.9. The van der Waals surface area contributed by atoms with Crippen LogP contribution in [-0.2, 0) is 23.9 Å². The maximum absolute atomic E-state index is 14.5. The molecule has 4 rings (SSSR count). The Kier molecular flexibility index (Phi) is 12.6. The van der Waals surface area contributed by atoms with Crippen molar-refractivity contribution in [2.24, 2.45) is 5.41 Å². The van der Waals surface area contributed by atoms with Gasteiger partial charge in [-0.25, -0.2) is 8.78 Å². The second-order valence-electron chi connectivity index (χ2n) is 13.9. The number of amides is 1. The second kappa shape index (κ2) is 16.5. The van der Waals surface area contributed by atoms with Gasteiger partial charge in [0.1, 0.15) is 6.54 Å². The molecule has 0 saturated carbocycles. The number of halogens is 5. The van der Waals surface area contributed by atoms with E-state index < -0.39 is 23.4 Å². The summed E-state index contributed by atoms with van der Waals surface area (Å²) in [5.41, 5.74) is 2.63. The van der Waals surface area contributed by atoms with E-state index in [1.54, 1.807) is 34.1 Å². The van der Waals surface area contributed by atoms with Crippen LogP contribution in [0.15, 0.2) is 103 Å². The third-order valence-electron chi connectivity index (χ3n) is 8.55. The second-order valence-corrected chi connectivity index (χ2v) is 13.9. The first-order chi connectivity index (χ1) is 23.9. The van der Waals surface area contributed by atoms with E-state index in [1.165, 1.54) is 31.2 Å². The lowest BCUT2D eigenvalue weighted by Gasteiger charge is -2.36. The van der Waals surface area contributed by atoms with E-state index in [1.807, 2.05) is 43.3 Å². The lowest BCUT2D eigenvalue weighted by molar-refractivity contribution is -0.137. The van der Waals surface area contributed by atoms with Crippen molar-refractivity contribution < 1.29 is 31.5 Å². The average molecular weight is 706 g/mol. The fourth-order valence-corrected chi connectivity index (χ4v) is 6.29. The first-order valence-electron chi connectivity index (χ1n) is 16.6. The summed E-state index contributed by atoms with van der Waals surface area (Å²) in [6.07, 6.45) is -4.11. The van der Waals surface area contributed by atoms with E-state index in [0.717, 1.165) is 29.3 Å². The molecule has 0 radical (unpaired) electrons. The lowest BCUT2D eigenvalue weighted by atomic mass is 9.91. The highest BCUT2D eigenvalue weighted by molar-refractivity contribution is 6.00. The van der Waals surface area contributed by atoms with Crippen LogP contribution in [0, 0.1) is 17.0 Å². The smallest absolute Gasteiger partial charge is 0.336 e. The molecule has 0 N–H and O–H groups in total. The Morgan fingerprint density at radius 2 is 1.39 bits per heavy atom. The Bertz CT molecular complexity index is 1830. The van der Waals surface area contributed by atoms with Gasteiger partial charge in [0, 0.05) is 30.9 Å². The van der Waals surface area contributed by atoms with Gasteiger partial charge in [-0.15, -0.1) is 0 Å². The van der Waals surface area contributed by atoms with E-state index in [-0.39, 0.29) is 48.6 Å². The Morgan fingerprint density at radius 3 is 1.98 bits per heavy atom. The number of para-hydroxylation sites is 1. The Morgan fingerprint density at radius 1 is 0.784 bits per heavy atom. The van der Waals surface area contributed by atoms with Crippen LogP contribution >= 0.6 is 0 Å². The van der Waals surface area contributed by atoms with Crippen LogP contribution in [0.2, 0.25) is 0 Å². The molecule has 270 valence electrons. The van der Waals surface area contributed by atoms with Gasteiger partial charge >= 0.3 is 6.18 Å². The third kappa shape index (κ3) is 10.6. The quantitative estimate of drug-likeness (QED) is 0.0914.